The molecule has 2 rings (SSSR count). The van der Waals surface area contributed by atoms with Crippen molar-refractivity contribution in [3.63, 3.8) is 0 Å². The summed E-state index contributed by atoms with van der Waals surface area (Å²) in [4.78, 5) is 24.7. The summed E-state index contributed by atoms with van der Waals surface area (Å²) in [6.45, 7) is 3.61. The van der Waals surface area contributed by atoms with Gasteiger partial charge in [0.2, 0.25) is 11.6 Å². The highest BCUT2D eigenvalue weighted by Crippen LogP contribution is 2.16. The second-order valence-electron chi connectivity index (χ2n) is 5.25. The van der Waals surface area contributed by atoms with Crippen LogP contribution in [-0.2, 0) is 4.74 Å². The Labute approximate surface area is 152 Å². The molecule has 0 unspecified atom stereocenters. The van der Waals surface area contributed by atoms with E-state index in [0.29, 0.717) is 42.4 Å². The molecule has 2 aromatic rings. The molecule has 26 heavy (non-hydrogen) atoms. The van der Waals surface area contributed by atoms with E-state index in [1.807, 2.05) is 6.92 Å². The van der Waals surface area contributed by atoms with E-state index in [1.54, 1.807) is 36.4 Å². The molecule has 0 aliphatic rings. The largest absolute Gasteiger partial charge is 0.491 e. The van der Waals surface area contributed by atoms with Gasteiger partial charge in [-0.05, 0) is 55.5 Å². The first-order valence-electron chi connectivity index (χ1n) is 8.21. The molecule has 0 saturated heterocycles. The number of hydrogen-bond acceptors (Lipinski definition) is 5. The predicted molar refractivity (Wildman–Crippen MR) is 97.9 cm³/mol. The zero-order valence-electron chi connectivity index (χ0n) is 14.6. The molecular weight excluding hydrogens is 332 g/mol. The summed E-state index contributed by atoms with van der Waals surface area (Å²) < 4.78 is 15.9. The third-order valence-electron chi connectivity index (χ3n) is 3.46. The van der Waals surface area contributed by atoms with Gasteiger partial charge in [-0.25, -0.2) is 0 Å². The Kier molecular flexibility index (Phi) is 7.41. The van der Waals surface area contributed by atoms with Crippen LogP contribution in [0, 0.1) is 12.3 Å². The number of rotatable bonds is 10. The number of carbonyl (C=O) groups excluding carboxylic acids is 2. The molecule has 0 atom stereocenters. The molecule has 0 amide bonds. The molecule has 0 aliphatic carbocycles. The van der Waals surface area contributed by atoms with E-state index in [4.69, 9.17) is 20.6 Å². The van der Waals surface area contributed by atoms with E-state index in [2.05, 4.69) is 5.92 Å². The lowest BCUT2D eigenvalue weighted by Crippen LogP contribution is -2.14. The van der Waals surface area contributed by atoms with Crippen LogP contribution in [0.15, 0.2) is 48.5 Å². The SMILES string of the molecule is C#CCOc1ccc(C(=O)C(=O)c2ccc(OCCOCC)cc2)cc1. The molecule has 0 heterocycles. The molecule has 134 valence electrons. The molecule has 0 N–H and O–H groups in total. The molecule has 0 saturated carbocycles. The van der Waals surface area contributed by atoms with E-state index in [-0.39, 0.29) is 6.61 Å². The van der Waals surface area contributed by atoms with Crippen LogP contribution in [0.25, 0.3) is 0 Å². The summed E-state index contributed by atoms with van der Waals surface area (Å²) in [5.74, 6) is 2.35. The maximum Gasteiger partial charge on any atom is 0.233 e. The van der Waals surface area contributed by atoms with Gasteiger partial charge < -0.3 is 14.2 Å². The van der Waals surface area contributed by atoms with Gasteiger partial charge >= 0.3 is 0 Å². The lowest BCUT2D eigenvalue weighted by Gasteiger charge is -2.07. The Hall–Kier alpha value is -3.10. The molecule has 0 radical (unpaired) electrons. The van der Waals surface area contributed by atoms with Gasteiger partial charge in [-0.1, -0.05) is 5.92 Å². The summed E-state index contributed by atoms with van der Waals surface area (Å²) in [5.41, 5.74) is 0.597. The Morgan fingerprint density at radius 1 is 0.846 bits per heavy atom. The quantitative estimate of drug-likeness (QED) is 0.284. The highest BCUT2D eigenvalue weighted by atomic mass is 16.5. The number of hydrogen-bond donors (Lipinski definition) is 0. The lowest BCUT2D eigenvalue weighted by atomic mass is 10.0. The number of carbonyl (C=O) groups is 2. The summed E-state index contributed by atoms with van der Waals surface area (Å²) in [7, 11) is 0. The first-order chi connectivity index (χ1) is 12.7. The molecule has 2 aromatic carbocycles. The lowest BCUT2D eigenvalue weighted by molar-refractivity contribution is 0.0817. The van der Waals surface area contributed by atoms with Crippen molar-refractivity contribution < 1.29 is 23.8 Å². The van der Waals surface area contributed by atoms with Crippen molar-refractivity contribution in [1.82, 2.24) is 0 Å². The van der Waals surface area contributed by atoms with E-state index >= 15 is 0 Å². The van der Waals surface area contributed by atoms with Gasteiger partial charge in [0, 0.05) is 17.7 Å². The van der Waals surface area contributed by atoms with Crippen LogP contribution in [-0.4, -0.2) is 38.0 Å². The monoisotopic (exact) mass is 352 g/mol. The van der Waals surface area contributed by atoms with Gasteiger partial charge in [0.25, 0.3) is 0 Å². The van der Waals surface area contributed by atoms with Crippen molar-refractivity contribution in [1.29, 1.82) is 0 Å². The normalized spacial score (nSPS) is 10.0. The number of ketones is 2. The van der Waals surface area contributed by atoms with Crippen molar-refractivity contribution in [3.8, 4) is 23.8 Å². The fourth-order valence-electron chi connectivity index (χ4n) is 2.16. The Bertz CT molecular complexity index is 770. The molecule has 5 heteroatoms. The third-order valence-corrected chi connectivity index (χ3v) is 3.46. The fourth-order valence-corrected chi connectivity index (χ4v) is 2.16. The van der Waals surface area contributed by atoms with E-state index in [0.717, 1.165) is 0 Å². The summed E-state index contributed by atoms with van der Waals surface area (Å²) >= 11 is 0. The minimum atomic E-state index is -0.585. The van der Waals surface area contributed by atoms with Gasteiger partial charge in [0.05, 0.1) is 6.61 Å². The van der Waals surface area contributed by atoms with Gasteiger partial charge in [-0.3, -0.25) is 9.59 Å². The summed E-state index contributed by atoms with van der Waals surface area (Å²) in [5, 5.41) is 0. The standard InChI is InChI=1S/C21H20O5/c1-3-13-25-18-9-5-16(6-10-18)20(22)21(23)17-7-11-19(12-8-17)26-15-14-24-4-2/h1,5-12H,4,13-15H2,2H3. The predicted octanol–water partition coefficient (Wildman–Crippen LogP) is 3.18. The van der Waals surface area contributed by atoms with Crippen molar-refractivity contribution in [2.75, 3.05) is 26.4 Å². The van der Waals surface area contributed by atoms with Gasteiger partial charge in [0.1, 0.15) is 24.7 Å². The second kappa shape index (κ2) is 10.0. The first-order valence-corrected chi connectivity index (χ1v) is 8.21. The fraction of sp³-hybridized carbons (Fsp3) is 0.238. The smallest absolute Gasteiger partial charge is 0.233 e. The molecular formula is C21H20O5. The first kappa shape index (κ1) is 19.2. The summed E-state index contributed by atoms with van der Waals surface area (Å²) in [6.07, 6.45) is 5.12. The van der Waals surface area contributed by atoms with Crippen LogP contribution in [0.2, 0.25) is 0 Å². The average molecular weight is 352 g/mol. The minimum Gasteiger partial charge on any atom is -0.491 e. The van der Waals surface area contributed by atoms with Gasteiger partial charge in [-0.2, -0.15) is 0 Å². The molecule has 0 aliphatic heterocycles. The molecule has 0 spiro atoms. The number of ether oxygens (including phenoxy) is 3. The number of Topliss-reactive ketones (excluding diaryl/α,β-unsaturated/α-hetero) is 2. The van der Waals surface area contributed by atoms with Crippen LogP contribution in [0.5, 0.6) is 11.5 Å². The van der Waals surface area contributed by atoms with Crippen LogP contribution >= 0.6 is 0 Å². The summed E-state index contributed by atoms with van der Waals surface area (Å²) in [6, 6.07) is 12.7. The Balaban J connectivity index is 1.97. The zero-order valence-corrected chi connectivity index (χ0v) is 14.6. The molecule has 0 aromatic heterocycles. The van der Waals surface area contributed by atoms with Gasteiger partial charge in [-0.15, -0.1) is 6.42 Å². The van der Waals surface area contributed by atoms with Gasteiger partial charge in [0.15, 0.2) is 0 Å². The highest BCUT2D eigenvalue weighted by Gasteiger charge is 2.18. The Morgan fingerprint density at radius 2 is 1.35 bits per heavy atom. The average Bonchev–Trinajstić information content (AvgIpc) is 2.69. The van der Waals surface area contributed by atoms with Crippen LogP contribution in [0.3, 0.4) is 0 Å². The molecule has 5 nitrogen and oxygen atoms in total. The van der Waals surface area contributed by atoms with E-state index < -0.39 is 11.6 Å². The molecule has 0 bridgehead atoms. The van der Waals surface area contributed by atoms with Crippen molar-refractivity contribution in [2.45, 2.75) is 6.92 Å². The third kappa shape index (κ3) is 5.47. The number of terminal acetylenes is 1. The highest BCUT2D eigenvalue weighted by molar-refractivity contribution is 6.49. The van der Waals surface area contributed by atoms with Crippen LogP contribution in [0.4, 0.5) is 0 Å². The molecule has 0 fully saturated rings. The van der Waals surface area contributed by atoms with Crippen molar-refractivity contribution in [2.24, 2.45) is 0 Å². The van der Waals surface area contributed by atoms with Crippen molar-refractivity contribution in [3.05, 3.63) is 59.7 Å². The maximum atomic E-state index is 12.3. The second-order valence-corrected chi connectivity index (χ2v) is 5.25. The minimum absolute atomic E-state index is 0.144. The van der Waals surface area contributed by atoms with E-state index in [1.165, 1.54) is 12.1 Å². The number of benzene rings is 2. The topological polar surface area (TPSA) is 61.8 Å². The van der Waals surface area contributed by atoms with Crippen LogP contribution in [0.1, 0.15) is 27.6 Å². The van der Waals surface area contributed by atoms with Crippen LogP contribution < -0.4 is 9.47 Å². The zero-order chi connectivity index (χ0) is 18.8. The Morgan fingerprint density at radius 3 is 1.81 bits per heavy atom. The van der Waals surface area contributed by atoms with E-state index in [9.17, 15) is 9.59 Å². The maximum absolute atomic E-state index is 12.3. The van der Waals surface area contributed by atoms with Crippen molar-refractivity contribution >= 4 is 11.6 Å².